The van der Waals surface area contributed by atoms with Crippen LogP contribution in [0.5, 0.6) is 0 Å². The highest BCUT2D eigenvalue weighted by Crippen LogP contribution is 2.43. The maximum Gasteiger partial charge on any atom is 0.0946 e. The van der Waals surface area contributed by atoms with Crippen molar-refractivity contribution in [3.8, 4) is 0 Å². The Balaban J connectivity index is 2.13. The molecule has 1 aliphatic rings. The van der Waals surface area contributed by atoms with Crippen LogP contribution in [-0.4, -0.2) is 17.8 Å². The topological polar surface area (TPSA) is 29.5 Å². The summed E-state index contributed by atoms with van der Waals surface area (Å²) in [6.45, 7) is 6.86. The summed E-state index contributed by atoms with van der Waals surface area (Å²) in [4.78, 5) is 0. The molecule has 1 aromatic rings. The van der Waals surface area contributed by atoms with E-state index in [0.717, 1.165) is 25.0 Å². The molecule has 0 bridgehead atoms. The molecule has 0 unspecified atom stereocenters. The molecule has 0 heterocycles. The molecule has 1 aliphatic carbocycles. The summed E-state index contributed by atoms with van der Waals surface area (Å²) < 4.78 is 5.50. The van der Waals surface area contributed by atoms with Crippen LogP contribution in [-0.2, 0) is 10.3 Å². The van der Waals surface area contributed by atoms with Crippen LogP contribution in [0.25, 0.3) is 0 Å². The van der Waals surface area contributed by atoms with E-state index in [2.05, 4.69) is 32.0 Å². The van der Waals surface area contributed by atoms with E-state index in [1.165, 1.54) is 11.1 Å². The van der Waals surface area contributed by atoms with Gasteiger partial charge in [0.2, 0.25) is 0 Å². The Bertz CT molecular complexity index is 358. The number of ether oxygens (including phenoxy) is 1. The van der Waals surface area contributed by atoms with Gasteiger partial charge in [-0.15, -0.1) is 0 Å². The third kappa shape index (κ3) is 2.13. The molecule has 0 aromatic heterocycles. The van der Waals surface area contributed by atoms with Crippen molar-refractivity contribution in [2.45, 2.75) is 45.3 Å². The van der Waals surface area contributed by atoms with Crippen LogP contribution in [0.2, 0.25) is 0 Å². The average Bonchev–Trinajstić information content (AvgIpc) is 2.14. The van der Waals surface area contributed by atoms with Crippen molar-refractivity contribution in [1.29, 1.82) is 0 Å². The van der Waals surface area contributed by atoms with Crippen LogP contribution < -0.4 is 0 Å². The molecular formula is C14H20O2. The first-order chi connectivity index (χ1) is 7.53. The number of benzene rings is 1. The van der Waals surface area contributed by atoms with Crippen LogP contribution in [0.3, 0.4) is 0 Å². The van der Waals surface area contributed by atoms with E-state index in [1.807, 2.05) is 6.92 Å². The van der Waals surface area contributed by atoms with Gasteiger partial charge in [0.25, 0.3) is 0 Å². The van der Waals surface area contributed by atoms with E-state index in [-0.39, 0.29) is 6.10 Å². The molecule has 0 saturated heterocycles. The van der Waals surface area contributed by atoms with Crippen molar-refractivity contribution in [1.82, 2.24) is 0 Å². The summed E-state index contributed by atoms with van der Waals surface area (Å²) in [5.74, 6) is 0. The van der Waals surface area contributed by atoms with E-state index < -0.39 is 5.60 Å². The molecule has 16 heavy (non-hydrogen) atoms. The number of rotatable bonds is 3. The molecule has 1 fully saturated rings. The first kappa shape index (κ1) is 11.6. The summed E-state index contributed by atoms with van der Waals surface area (Å²) in [6.07, 6.45) is 1.68. The van der Waals surface area contributed by atoms with E-state index >= 15 is 0 Å². The van der Waals surface area contributed by atoms with Gasteiger partial charge in [0.15, 0.2) is 0 Å². The normalized spacial score (nSPS) is 28.9. The zero-order valence-electron chi connectivity index (χ0n) is 10.3. The molecule has 0 spiro atoms. The molecule has 2 rings (SSSR count). The van der Waals surface area contributed by atoms with E-state index in [1.54, 1.807) is 0 Å². The van der Waals surface area contributed by atoms with Gasteiger partial charge in [-0.2, -0.15) is 0 Å². The van der Waals surface area contributed by atoms with Crippen molar-refractivity contribution in [2.24, 2.45) is 0 Å². The minimum Gasteiger partial charge on any atom is -0.385 e. The van der Waals surface area contributed by atoms with E-state index in [4.69, 9.17) is 4.74 Å². The summed E-state index contributed by atoms with van der Waals surface area (Å²) in [5, 5.41) is 10.4. The molecule has 0 atom stereocenters. The molecule has 2 heteroatoms. The van der Waals surface area contributed by atoms with Gasteiger partial charge < -0.3 is 9.84 Å². The second kappa shape index (κ2) is 4.19. The van der Waals surface area contributed by atoms with Crippen molar-refractivity contribution in [3.05, 3.63) is 34.9 Å². The van der Waals surface area contributed by atoms with Gasteiger partial charge in [-0.1, -0.05) is 29.3 Å². The Morgan fingerprint density at radius 2 is 1.81 bits per heavy atom. The lowest BCUT2D eigenvalue weighted by Gasteiger charge is -2.43. The third-order valence-corrected chi connectivity index (χ3v) is 3.29. The fourth-order valence-electron chi connectivity index (χ4n) is 2.53. The second-order valence-electron chi connectivity index (χ2n) is 4.89. The predicted octanol–water partition coefficient (Wildman–Crippen LogP) is 2.69. The van der Waals surface area contributed by atoms with Crippen molar-refractivity contribution in [3.63, 3.8) is 0 Å². The zero-order valence-corrected chi connectivity index (χ0v) is 10.3. The smallest absolute Gasteiger partial charge is 0.0946 e. The van der Waals surface area contributed by atoms with Gasteiger partial charge in [0.1, 0.15) is 0 Å². The highest BCUT2D eigenvalue weighted by molar-refractivity contribution is 5.34. The van der Waals surface area contributed by atoms with E-state index in [0.29, 0.717) is 0 Å². The second-order valence-corrected chi connectivity index (χ2v) is 4.89. The van der Waals surface area contributed by atoms with Crippen LogP contribution in [0.1, 0.15) is 36.5 Å². The molecule has 1 N–H and O–H groups in total. The molecule has 1 aromatic carbocycles. The molecule has 88 valence electrons. The first-order valence-electron chi connectivity index (χ1n) is 5.96. The molecule has 2 nitrogen and oxygen atoms in total. The lowest BCUT2D eigenvalue weighted by Crippen LogP contribution is -2.46. The summed E-state index contributed by atoms with van der Waals surface area (Å²) >= 11 is 0. The van der Waals surface area contributed by atoms with E-state index in [9.17, 15) is 5.11 Å². The molecule has 0 aliphatic heterocycles. The third-order valence-electron chi connectivity index (χ3n) is 3.29. The standard InChI is InChI=1S/C14H20O2/c1-4-16-13-8-14(15,9-13)12-6-10(2)5-11(3)7-12/h5-7,13,15H,4,8-9H2,1-3H3. The van der Waals surface area contributed by atoms with Gasteiger partial charge in [-0.25, -0.2) is 0 Å². The molecular weight excluding hydrogens is 200 g/mol. The Morgan fingerprint density at radius 3 is 2.31 bits per heavy atom. The molecule has 0 amide bonds. The number of aryl methyl sites for hydroxylation is 2. The quantitative estimate of drug-likeness (QED) is 0.848. The number of hydrogen-bond acceptors (Lipinski definition) is 2. The zero-order chi connectivity index (χ0) is 11.8. The fraction of sp³-hybridized carbons (Fsp3) is 0.571. The number of hydrogen-bond donors (Lipinski definition) is 1. The van der Waals surface area contributed by atoms with Gasteiger partial charge in [0.05, 0.1) is 11.7 Å². The average molecular weight is 220 g/mol. The molecule has 0 radical (unpaired) electrons. The lowest BCUT2D eigenvalue weighted by atomic mass is 9.72. The van der Waals surface area contributed by atoms with Crippen molar-refractivity contribution in [2.75, 3.05) is 6.61 Å². The highest BCUT2D eigenvalue weighted by Gasteiger charge is 2.44. The maximum absolute atomic E-state index is 10.4. The monoisotopic (exact) mass is 220 g/mol. The summed E-state index contributed by atoms with van der Waals surface area (Å²) in [6, 6.07) is 6.29. The van der Waals surface area contributed by atoms with Crippen molar-refractivity contribution >= 4 is 0 Å². The maximum atomic E-state index is 10.4. The van der Waals surface area contributed by atoms with Crippen LogP contribution in [0.4, 0.5) is 0 Å². The first-order valence-corrected chi connectivity index (χ1v) is 5.96. The summed E-state index contributed by atoms with van der Waals surface area (Å²) in [7, 11) is 0. The van der Waals surface area contributed by atoms with Gasteiger partial charge >= 0.3 is 0 Å². The minimum atomic E-state index is -0.656. The van der Waals surface area contributed by atoms with Gasteiger partial charge in [-0.05, 0) is 26.3 Å². The van der Waals surface area contributed by atoms with Crippen LogP contribution in [0, 0.1) is 13.8 Å². The lowest BCUT2D eigenvalue weighted by molar-refractivity contribution is -0.142. The number of aliphatic hydroxyl groups is 1. The Labute approximate surface area is 97.3 Å². The van der Waals surface area contributed by atoms with Gasteiger partial charge in [0, 0.05) is 19.4 Å². The Morgan fingerprint density at radius 1 is 1.25 bits per heavy atom. The van der Waals surface area contributed by atoms with Crippen molar-refractivity contribution < 1.29 is 9.84 Å². The SMILES string of the molecule is CCOC1CC(O)(c2cc(C)cc(C)c2)C1. The minimum absolute atomic E-state index is 0.232. The fourth-order valence-corrected chi connectivity index (χ4v) is 2.53. The Kier molecular flexibility index (Phi) is 3.04. The highest BCUT2D eigenvalue weighted by atomic mass is 16.5. The van der Waals surface area contributed by atoms with Gasteiger partial charge in [-0.3, -0.25) is 0 Å². The van der Waals surface area contributed by atoms with Crippen LogP contribution in [0.15, 0.2) is 18.2 Å². The molecule has 1 saturated carbocycles. The van der Waals surface area contributed by atoms with Crippen LogP contribution >= 0.6 is 0 Å². The predicted molar refractivity (Wildman–Crippen MR) is 64.5 cm³/mol. The summed E-state index contributed by atoms with van der Waals surface area (Å²) in [5.41, 5.74) is 2.81. The largest absolute Gasteiger partial charge is 0.385 e. The Hall–Kier alpha value is -0.860.